The first kappa shape index (κ1) is 17.3. The lowest BCUT2D eigenvalue weighted by molar-refractivity contribution is 0.250. The summed E-state index contributed by atoms with van der Waals surface area (Å²) in [6.07, 6.45) is 6.14. The van der Waals surface area contributed by atoms with Crippen molar-refractivity contribution in [3.05, 3.63) is 70.2 Å². The van der Waals surface area contributed by atoms with Crippen molar-refractivity contribution < 1.29 is 0 Å². The molecule has 144 valence electrons. The fourth-order valence-electron chi connectivity index (χ4n) is 4.44. The van der Waals surface area contributed by atoms with Crippen LogP contribution in [-0.4, -0.2) is 41.0 Å². The summed E-state index contributed by atoms with van der Waals surface area (Å²) in [7, 11) is 0. The Hall–Kier alpha value is -2.79. The number of benzene rings is 2. The molecule has 5 nitrogen and oxygen atoms in total. The van der Waals surface area contributed by atoms with Gasteiger partial charge in [0.1, 0.15) is 0 Å². The standard InChI is InChI=1S/C23H26N4O/c28-23-24-21-9-8-20(15-22(21)25-23)27-12-10-26(11-13-27)16-17-4-3-7-19(14-17)18-5-1-2-6-18/h3-5,7-9,14-15H,1-2,6,10-13,16H2,(H2,24,25,28). The van der Waals surface area contributed by atoms with Crippen LogP contribution in [0.4, 0.5) is 5.69 Å². The second-order valence-electron chi connectivity index (χ2n) is 7.89. The Morgan fingerprint density at radius 3 is 2.61 bits per heavy atom. The lowest BCUT2D eigenvalue weighted by atomic mass is 10.0. The second-order valence-corrected chi connectivity index (χ2v) is 7.89. The number of H-pyrrole nitrogens is 2. The van der Waals surface area contributed by atoms with Gasteiger partial charge in [0.15, 0.2) is 0 Å². The molecule has 0 saturated carbocycles. The summed E-state index contributed by atoms with van der Waals surface area (Å²) < 4.78 is 0. The lowest BCUT2D eigenvalue weighted by Crippen LogP contribution is -2.45. The second kappa shape index (κ2) is 7.32. The van der Waals surface area contributed by atoms with Crippen molar-refractivity contribution in [1.29, 1.82) is 0 Å². The van der Waals surface area contributed by atoms with E-state index in [1.54, 1.807) is 0 Å². The zero-order valence-corrected chi connectivity index (χ0v) is 16.1. The topological polar surface area (TPSA) is 55.1 Å². The van der Waals surface area contributed by atoms with Gasteiger partial charge in [0.05, 0.1) is 11.0 Å². The molecule has 2 aliphatic rings. The number of hydrogen-bond donors (Lipinski definition) is 2. The third kappa shape index (κ3) is 3.50. The number of allylic oxidation sites excluding steroid dienone is 2. The number of piperazine rings is 1. The maximum absolute atomic E-state index is 11.5. The molecular formula is C23H26N4O. The predicted octanol–water partition coefficient (Wildman–Crippen LogP) is 3.75. The third-order valence-electron chi connectivity index (χ3n) is 5.98. The lowest BCUT2D eigenvalue weighted by Gasteiger charge is -2.36. The summed E-state index contributed by atoms with van der Waals surface area (Å²) in [5.74, 6) is 0. The van der Waals surface area contributed by atoms with Gasteiger partial charge in [-0.05, 0) is 54.2 Å². The van der Waals surface area contributed by atoms with E-state index < -0.39 is 0 Å². The Bertz CT molecular complexity index is 1070. The number of hydrogen-bond acceptors (Lipinski definition) is 3. The van der Waals surface area contributed by atoms with Gasteiger partial charge in [-0.15, -0.1) is 0 Å². The van der Waals surface area contributed by atoms with Crippen molar-refractivity contribution in [2.45, 2.75) is 25.8 Å². The summed E-state index contributed by atoms with van der Waals surface area (Å²) in [6.45, 7) is 5.12. The molecule has 0 amide bonds. The number of rotatable bonds is 4. The van der Waals surface area contributed by atoms with Crippen molar-refractivity contribution in [2.75, 3.05) is 31.1 Å². The highest BCUT2D eigenvalue weighted by Crippen LogP contribution is 2.28. The highest BCUT2D eigenvalue weighted by Gasteiger charge is 2.18. The maximum atomic E-state index is 11.5. The molecule has 0 atom stereocenters. The van der Waals surface area contributed by atoms with Crippen LogP contribution in [-0.2, 0) is 6.54 Å². The Kier molecular flexibility index (Phi) is 4.53. The largest absolute Gasteiger partial charge is 0.369 e. The molecule has 0 spiro atoms. The number of aromatic nitrogens is 2. The van der Waals surface area contributed by atoms with Crippen LogP contribution in [0.25, 0.3) is 16.6 Å². The molecule has 2 aromatic carbocycles. The van der Waals surface area contributed by atoms with Gasteiger partial charge >= 0.3 is 5.69 Å². The van der Waals surface area contributed by atoms with Crippen molar-refractivity contribution in [3.8, 4) is 0 Å². The first-order valence-electron chi connectivity index (χ1n) is 10.2. The summed E-state index contributed by atoms with van der Waals surface area (Å²) in [4.78, 5) is 22.1. The Morgan fingerprint density at radius 1 is 0.929 bits per heavy atom. The number of nitrogens with one attached hydrogen (secondary N) is 2. The molecule has 28 heavy (non-hydrogen) atoms. The molecule has 3 aromatic rings. The first-order chi connectivity index (χ1) is 13.7. The zero-order valence-electron chi connectivity index (χ0n) is 16.1. The zero-order chi connectivity index (χ0) is 18.9. The van der Waals surface area contributed by atoms with Gasteiger partial charge in [-0.25, -0.2) is 4.79 Å². The molecule has 0 bridgehead atoms. The van der Waals surface area contributed by atoms with E-state index in [-0.39, 0.29) is 5.69 Å². The van der Waals surface area contributed by atoms with E-state index in [0.717, 1.165) is 43.8 Å². The van der Waals surface area contributed by atoms with Gasteiger partial charge in [0.25, 0.3) is 0 Å². The van der Waals surface area contributed by atoms with Crippen LogP contribution >= 0.6 is 0 Å². The van der Waals surface area contributed by atoms with Gasteiger partial charge < -0.3 is 14.9 Å². The van der Waals surface area contributed by atoms with Gasteiger partial charge in [0, 0.05) is 38.4 Å². The van der Waals surface area contributed by atoms with Crippen LogP contribution in [0.5, 0.6) is 0 Å². The van der Waals surface area contributed by atoms with E-state index in [1.807, 2.05) is 6.07 Å². The van der Waals surface area contributed by atoms with E-state index in [2.05, 4.69) is 62.2 Å². The highest BCUT2D eigenvalue weighted by atomic mass is 16.1. The van der Waals surface area contributed by atoms with Gasteiger partial charge in [-0.2, -0.15) is 0 Å². The number of aromatic amines is 2. The number of imidazole rings is 1. The van der Waals surface area contributed by atoms with Crippen molar-refractivity contribution in [3.63, 3.8) is 0 Å². The highest BCUT2D eigenvalue weighted by molar-refractivity contribution is 5.79. The van der Waals surface area contributed by atoms with Crippen LogP contribution in [0.2, 0.25) is 0 Å². The van der Waals surface area contributed by atoms with Crippen molar-refractivity contribution in [1.82, 2.24) is 14.9 Å². The summed E-state index contributed by atoms with van der Waals surface area (Å²) >= 11 is 0. The normalized spacial score (nSPS) is 18.0. The van der Waals surface area contributed by atoms with E-state index in [9.17, 15) is 4.79 Å². The minimum absolute atomic E-state index is 0.146. The van der Waals surface area contributed by atoms with Gasteiger partial charge in [0.2, 0.25) is 0 Å². The molecule has 1 aliphatic heterocycles. The van der Waals surface area contributed by atoms with Crippen LogP contribution in [0, 0.1) is 0 Å². The maximum Gasteiger partial charge on any atom is 0.323 e. The van der Waals surface area contributed by atoms with Crippen LogP contribution in [0.3, 0.4) is 0 Å². The molecule has 5 rings (SSSR count). The van der Waals surface area contributed by atoms with E-state index >= 15 is 0 Å². The molecular weight excluding hydrogens is 348 g/mol. The summed E-state index contributed by atoms with van der Waals surface area (Å²) in [5, 5.41) is 0. The average Bonchev–Trinajstić information content (AvgIpc) is 3.37. The number of fused-ring (bicyclic) bond motifs is 1. The SMILES string of the molecule is O=c1[nH]c2ccc(N3CCN(Cc4cccc(C5=CCCC5)c4)CC3)cc2[nH]1. The van der Waals surface area contributed by atoms with Gasteiger partial charge in [-0.3, -0.25) is 4.90 Å². The monoisotopic (exact) mass is 374 g/mol. The fourth-order valence-corrected chi connectivity index (χ4v) is 4.44. The van der Waals surface area contributed by atoms with E-state index in [0.29, 0.717) is 0 Å². The minimum Gasteiger partial charge on any atom is -0.369 e. The molecule has 1 fully saturated rings. The summed E-state index contributed by atoms with van der Waals surface area (Å²) in [6, 6.07) is 15.2. The molecule has 1 saturated heterocycles. The van der Waals surface area contributed by atoms with Crippen molar-refractivity contribution in [2.24, 2.45) is 0 Å². The average molecular weight is 374 g/mol. The van der Waals surface area contributed by atoms with E-state index in [4.69, 9.17) is 0 Å². The Labute approximate surface area is 164 Å². The Morgan fingerprint density at radius 2 is 1.79 bits per heavy atom. The van der Waals surface area contributed by atoms with Crippen LogP contribution < -0.4 is 10.6 Å². The molecule has 1 aliphatic carbocycles. The first-order valence-corrected chi connectivity index (χ1v) is 10.2. The molecule has 5 heteroatoms. The molecule has 2 N–H and O–H groups in total. The predicted molar refractivity (Wildman–Crippen MR) is 115 cm³/mol. The molecule has 0 unspecified atom stereocenters. The molecule has 1 aromatic heterocycles. The summed E-state index contributed by atoms with van der Waals surface area (Å²) in [5.41, 5.74) is 7.11. The fraction of sp³-hybridized carbons (Fsp3) is 0.348. The van der Waals surface area contributed by atoms with Crippen LogP contribution in [0.1, 0.15) is 30.4 Å². The minimum atomic E-state index is -0.146. The smallest absolute Gasteiger partial charge is 0.323 e. The number of nitrogens with zero attached hydrogens (tertiary/aromatic N) is 2. The number of anilines is 1. The molecule has 0 radical (unpaired) electrons. The quantitative estimate of drug-likeness (QED) is 0.731. The van der Waals surface area contributed by atoms with Crippen molar-refractivity contribution >= 4 is 22.3 Å². The van der Waals surface area contributed by atoms with Crippen LogP contribution in [0.15, 0.2) is 53.3 Å². The third-order valence-corrected chi connectivity index (χ3v) is 5.98. The Balaban J connectivity index is 1.23. The molecule has 2 heterocycles. The van der Waals surface area contributed by atoms with Gasteiger partial charge in [-0.1, -0.05) is 30.3 Å². The van der Waals surface area contributed by atoms with E-state index in [1.165, 1.54) is 41.6 Å².